The molecule has 1 saturated heterocycles. The number of aromatic nitrogens is 1. The van der Waals surface area contributed by atoms with Gasteiger partial charge in [-0.2, -0.15) is 0 Å². The Morgan fingerprint density at radius 3 is 2.46 bits per heavy atom. The average molecular weight is 347 g/mol. The quantitative estimate of drug-likeness (QED) is 0.795. The number of piperazine rings is 1. The van der Waals surface area contributed by atoms with E-state index in [9.17, 15) is 9.59 Å². The van der Waals surface area contributed by atoms with Crippen LogP contribution in [-0.4, -0.2) is 58.6 Å². The van der Waals surface area contributed by atoms with Gasteiger partial charge in [-0.05, 0) is 39.0 Å². The van der Waals surface area contributed by atoms with Gasteiger partial charge in [0.2, 0.25) is 0 Å². The number of carbonyl (C=O) groups is 2. The Hall–Kier alpha value is -2.15. The summed E-state index contributed by atoms with van der Waals surface area (Å²) in [6, 6.07) is 5.57. The number of ether oxygens (including phenoxy) is 1. The van der Waals surface area contributed by atoms with Crippen molar-refractivity contribution in [3.05, 3.63) is 29.3 Å². The first kappa shape index (κ1) is 16.7. The number of carbonyl (C=O) groups excluding carboxylic acids is 2. The molecule has 7 heteroatoms. The van der Waals surface area contributed by atoms with Crippen molar-refractivity contribution >= 4 is 33.6 Å². The molecule has 128 valence electrons. The van der Waals surface area contributed by atoms with Crippen molar-refractivity contribution in [2.75, 3.05) is 26.2 Å². The Morgan fingerprint density at radius 2 is 1.79 bits per heavy atom. The van der Waals surface area contributed by atoms with Crippen molar-refractivity contribution in [1.29, 1.82) is 0 Å². The van der Waals surface area contributed by atoms with E-state index in [0.29, 0.717) is 31.7 Å². The van der Waals surface area contributed by atoms with Crippen LogP contribution in [0.25, 0.3) is 10.2 Å². The first-order chi connectivity index (χ1) is 11.3. The first-order valence-electron chi connectivity index (χ1n) is 7.94. The lowest BCUT2D eigenvalue weighted by molar-refractivity contribution is 0.0141. The van der Waals surface area contributed by atoms with Gasteiger partial charge in [0, 0.05) is 31.7 Å². The van der Waals surface area contributed by atoms with Crippen LogP contribution in [0.15, 0.2) is 23.7 Å². The van der Waals surface area contributed by atoms with Crippen molar-refractivity contribution < 1.29 is 14.3 Å². The van der Waals surface area contributed by atoms with Crippen LogP contribution >= 0.6 is 11.3 Å². The van der Waals surface area contributed by atoms with Crippen molar-refractivity contribution in [3.63, 3.8) is 0 Å². The monoisotopic (exact) mass is 347 g/mol. The van der Waals surface area contributed by atoms with E-state index in [-0.39, 0.29) is 12.0 Å². The number of amides is 2. The number of fused-ring (bicyclic) bond motifs is 1. The van der Waals surface area contributed by atoms with E-state index < -0.39 is 5.60 Å². The minimum Gasteiger partial charge on any atom is -0.444 e. The van der Waals surface area contributed by atoms with Crippen LogP contribution < -0.4 is 0 Å². The molecule has 6 nitrogen and oxygen atoms in total. The van der Waals surface area contributed by atoms with Gasteiger partial charge in [0.15, 0.2) is 0 Å². The van der Waals surface area contributed by atoms with E-state index in [1.165, 1.54) is 11.3 Å². The van der Waals surface area contributed by atoms with Gasteiger partial charge in [-0.3, -0.25) is 4.79 Å². The second kappa shape index (κ2) is 6.39. The summed E-state index contributed by atoms with van der Waals surface area (Å²) in [5.74, 6) is -0.00543. The third kappa shape index (κ3) is 3.67. The Bertz CT molecular complexity index is 758. The van der Waals surface area contributed by atoms with Crippen LogP contribution in [0.2, 0.25) is 0 Å². The molecule has 0 saturated carbocycles. The Morgan fingerprint density at radius 1 is 1.12 bits per heavy atom. The van der Waals surface area contributed by atoms with E-state index in [1.807, 2.05) is 39.0 Å². The topological polar surface area (TPSA) is 62.7 Å². The van der Waals surface area contributed by atoms with Gasteiger partial charge in [-0.15, -0.1) is 11.3 Å². The Kier molecular flexibility index (Phi) is 4.45. The van der Waals surface area contributed by atoms with Gasteiger partial charge in [0.1, 0.15) is 5.60 Å². The smallest absolute Gasteiger partial charge is 0.410 e. The highest BCUT2D eigenvalue weighted by Gasteiger charge is 2.28. The first-order valence-corrected chi connectivity index (χ1v) is 8.82. The van der Waals surface area contributed by atoms with Crippen molar-refractivity contribution in [2.24, 2.45) is 0 Å². The number of nitrogens with zero attached hydrogens (tertiary/aromatic N) is 3. The van der Waals surface area contributed by atoms with E-state index in [1.54, 1.807) is 15.3 Å². The van der Waals surface area contributed by atoms with E-state index in [4.69, 9.17) is 4.74 Å². The predicted molar refractivity (Wildman–Crippen MR) is 93.3 cm³/mol. The lowest BCUT2D eigenvalue weighted by atomic mass is 10.1. The van der Waals surface area contributed by atoms with Crippen LogP contribution in [0.4, 0.5) is 4.79 Å². The molecule has 0 unspecified atom stereocenters. The molecule has 1 aromatic carbocycles. The van der Waals surface area contributed by atoms with Crippen molar-refractivity contribution in [3.8, 4) is 0 Å². The summed E-state index contributed by atoms with van der Waals surface area (Å²) in [4.78, 5) is 32.4. The van der Waals surface area contributed by atoms with Gasteiger partial charge in [-0.1, -0.05) is 0 Å². The highest BCUT2D eigenvalue weighted by molar-refractivity contribution is 7.16. The summed E-state index contributed by atoms with van der Waals surface area (Å²) in [5.41, 5.74) is 2.84. The van der Waals surface area contributed by atoms with E-state index >= 15 is 0 Å². The standard InChI is InChI=1S/C17H21N3O3S/c1-17(2,3)23-16(22)20-8-6-19(7-9-20)15(21)12-4-5-13-14(10-12)24-11-18-13/h4-5,10-11H,6-9H2,1-3H3. The molecular formula is C17H21N3O3S. The molecule has 2 aromatic rings. The molecule has 1 fully saturated rings. The minimum absolute atomic E-state index is 0.00543. The summed E-state index contributed by atoms with van der Waals surface area (Å²) < 4.78 is 6.38. The summed E-state index contributed by atoms with van der Waals surface area (Å²) >= 11 is 1.52. The summed E-state index contributed by atoms with van der Waals surface area (Å²) in [7, 11) is 0. The van der Waals surface area contributed by atoms with Crippen LogP contribution in [0.5, 0.6) is 0 Å². The SMILES string of the molecule is CC(C)(C)OC(=O)N1CCN(C(=O)c2ccc3ncsc3c2)CC1. The molecule has 0 radical (unpaired) electrons. The van der Waals surface area contributed by atoms with Crippen LogP contribution in [0.1, 0.15) is 31.1 Å². The zero-order valence-corrected chi connectivity index (χ0v) is 14.9. The number of thiazole rings is 1. The lowest BCUT2D eigenvalue weighted by Gasteiger charge is -2.35. The van der Waals surface area contributed by atoms with Gasteiger partial charge < -0.3 is 14.5 Å². The fourth-order valence-electron chi connectivity index (χ4n) is 2.59. The van der Waals surface area contributed by atoms with Gasteiger partial charge in [0.05, 0.1) is 15.7 Å². The molecule has 2 heterocycles. The summed E-state index contributed by atoms with van der Waals surface area (Å²) in [6.45, 7) is 7.55. The molecule has 1 aliphatic rings. The van der Waals surface area contributed by atoms with Crippen molar-refractivity contribution in [1.82, 2.24) is 14.8 Å². The zero-order chi connectivity index (χ0) is 17.3. The van der Waals surface area contributed by atoms with E-state index in [2.05, 4.69) is 4.98 Å². The second-order valence-corrected chi connectivity index (χ2v) is 7.68. The number of benzene rings is 1. The van der Waals surface area contributed by atoms with E-state index in [0.717, 1.165) is 10.2 Å². The zero-order valence-electron chi connectivity index (χ0n) is 14.1. The van der Waals surface area contributed by atoms with Crippen LogP contribution in [0.3, 0.4) is 0 Å². The van der Waals surface area contributed by atoms with Gasteiger partial charge in [0.25, 0.3) is 5.91 Å². The lowest BCUT2D eigenvalue weighted by Crippen LogP contribution is -2.51. The third-order valence-corrected chi connectivity index (χ3v) is 4.59. The van der Waals surface area contributed by atoms with Crippen LogP contribution in [0, 0.1) is 0 Å². The number of hydrogen-bond donors (Lipinski definition) is 0. The maximum absolute atomic E-state index is 12.6. The Balaban J connectivity index is 1.61. The minimum atomic E-state index is -0.506. The summed E-state index contributed by atoms with van der Waals surface area (Å²) in [6.07, 6.45) is -0.319. The molecule has 1 aliphatic heterocycles. The molecule has 0 N–H and O–H groups in total. The maximum Gasteiger partial charge on any atom is 0.410 e. The molecule has 24 heavy (non-hydrogen) atoms. The molecule has 3 rings (SSSR count). The molecular weight excluding hydrogens is 326 g/mol. The van der Waals surface area contributed by atoms with Crippen molar-refractivity contribution in [2.45, 2.75) is 26.4 Å². The highest BCUT2D eigenvalue weighted by atomic mass is 32.1. The molecule has 0 bridgehead atoms. The molecule has 0 spiro atoms. The molecule has 0 atom stereocenters. The Labute approximate surface area is 145 Å². The second-order valence-electron chi connectivity index (χ2n) is 6.79. The molecule has 2 amide bonds. The predicted octanol–water partition coefficient (Wildman–Crippen LogP) is 2.99. The van der Waals surface area contributed by atoms with Gasteiger partial charge >= 0.3 is 6.09 Å². The van der Waals surface area contributed by atoms with Gasteiger partial charge in [-0.25, -0.2) is 9.78 Å². The third-order valence-electron chi connectivity index (χ3n) is 3.80. The molecule has 0 aliphatic carbocycles. The number of hydrogen-bond acceptors (Lipinski definition) is 5. The largest absolute Gasteiger partial charge is 0.444 e. The number of rotatable bonds is 1. The maximum atomic E-state index is 12.6. The summed E-state index contributed by atoms with van der Waals surface area (Å²) in [5, 5.41) is 0. The fraction of sp³-hybridized carbons (Fsp3) is 0.471. The molecule has 1 aromatic heterocycles. The average Bonchev–Trinajstić information content (AvgIpc) is 3.00. The fourth-order valence-corrected chi connectivity index (χ4v) is 3.31. The normalized spacial score (nSPS) is 15.6. The highest BCUT2D eigenvalue weighted by Crippen LogP contribution is 2.20. The van der Waals surface area contributed by atoms with Crippen LogP contribution in [-0.2, 0) is 4.74 Å².